The van der Waals surface area contributed by atoms with E-state index in [9.17, 15) is 9.59 Å². The van der Waals surface area contributed by atoms with Gasteiger partial charge in [0.25, 0.3) is 0 Å². The molecule has 2 fully saturated rings. The summed E-state index contributed by atoms with van der Waals surface area (Å²) in [6.07, 6.45) is 2.76. The van der Waals surface area contributed by atoms with Gasteiger partial charge >= 0.3 is 0 Å². The number of amides is 2. The second kappa shape index (κ2) is 5.22. The van der Waals surface area contributed by atoms with E-state index in [0.29, 0.717) is 5.92 Å². The molecule has 2 aliphatic rings. The van der Waals surface area contributed by atoms with Crippen LogP contribution in [0.25, 0.3) is 0 Å². The molecule has 0 radical (unpaired) electrons. The molecule has 0 unspecified atom stereocenters. The predicted molar refractivity (Wildman–Crippen MR) is 87.6 cm³/mol. The summed E-state index contributed by atoms with van der Waals surface area (Å²) in [5.74, 6) is 0.362. The van der Waals surface area contributed by atoms with Gasteiger partial charge in [0.2, 0.25) is 11.8 Å². The summed E-state index contributed by atoms with van der Waals surface area (Å²) in [6.45, 7) is 8.65. The number of carbonyl (C=O) groups excluding carboxylic acids is 2. The Balaban J connectivity index is 1.89. The molecule has 1 aromatic rings. The highest BCUT2D eigenvalue weighted by Crippen LogP contribution is 2.42. The molecule has 22 heavy (non-hydrogen) atoms. The van der Waals surface area contributed by atoms with Crippen LogP contribution in [0.3, 0.4) is 0 Å². The van der Waals surface area contributed by atoms with Crippen molar-refractivity contribution in [2.24, 2.45) is 17.8 Å². The number of hydrogen-bond acceptors (Lipinski definition) is 2. The molecule has 3 atom stereocenters. The van der Waals surface area contributed by atoms with Crippen LogP contribution in [-0.4, -0.2) is 11.8 Å². The lowest BCUT2D eigenvalue weighted by atomic mass is 9.76. The first kappa shape index (κ1) is 15.3. The van der Waals surface area contributed by atoms with Gasteiger partial charge in [-0.2, -0.15) is 0 Å². The first-order valence-corrected chi connectivity index (χ1v) is 8.27. The van der Waals surface area contributed by atoms with E-state index in [1.165, 1.54) is 10.5 Å². The number of hydrogen-bond donors (Lipinski definition) is 0. The second-order valence-corrected chi connectivity index (χ2v) is 7.94. The molecule has 0 N–H and O–H groups in total. The van der Waals surface area contributed by atoms with Gasteiger partial charge < -0.3 is 0 Å². The summed E-state index contributed by atoms with van der Waals surface area (Å²) in [4.78, 5) is 26.8. The third-order valence-corrected chi connectivity index (χ3v) is 5.18. The molecule has 118 valence electrons. The molecular weight excluding hydrogens is 274 g/mol. The van der Waals surface area contributed by atoms with Gasteiger partial charge in [-0.15, -0.1) is 0 Å². The second-order valence-electron chi connectivity index (χ2n) is 7.94. The predicted octanol–water partition coefficient (Wildman–Crippen LogP) is 3.91. The van der Waals surface area contributed by atoms with Crippen LogP contribution < -0.4 is 4.90 Å². The van der Waals surface area contributed by atoms with Crippen LogP contribution in [0.15, 0.2) is 24.3 Å². The maximum absolute atomic E-state index is 12.7. The highest BCUT2D eigenvalue weighted by Gasteiger charge is 2.49. The largest absolute Gasteiger partial charge is 0.274 e. The van der Waals surface area contributed by atoms with Crippen molar-refractivity contribution >= 4 is 17.5 Å². The van der Waals surface area contributed by atoms with Crippen molar-refractivity contribution in [3.05, 3.63) is 29.8 Å². The summed E-state index contributed by atoms with van der Waals surface area (Å²) in [5.41, 5.74) is 2.01. The molecular formula is C19H25NO2. The van der Waals surface area contributed by atoms with Crippen LogP contribution in [0.5, 0.6) is 0 Å². The zero-order chi connectivity index (χ0) is 16.1. The minimum atomic E-state index is -0.0986. The zero-order valence-corrected chi connectivity index (χ0v) is 13.9. The monoisotopic (exact) mass is 299 g/mol. The standard InChI is InChI=1S/C19H25NO2/c1-12-5-10-15-16(11-12)18(22)20(17(15)21)14-8-6-13(7-9-14)19(2,3)4/h6-9,12,15-16H,5,10-11H2,1-4H3/t12-,15-,16+/m1/s1. The van der Waals surface area contributed by atoms with E-state index in [1.54, 1.807) is 0 Å². The van der Waals surface area contributed by atoms with E-state index < -0.39 is 0 Å². The van der Waals surface area contributed by atoms with E-state index >= 15 is 0 Å². The van der Waals surface area contributed by atoms with E-state index in [4.69, 9.17) is 0 Å². The molecule has 1 heterocycles. The number of rotatable bonds is 1. The van der Waals surface area contributed by atoms with Gasteiger partial charge in [-0.3, -0.25) is 14.5 Å². The number of carbonyl (C=O) groups is 2. The van der Waals surface area contributed by atoms with Crippen LogP contribution in [0.2, 0.25) is 0 Å². The molecule has 1 aliphatic carbocycles. The molecule has 3 rings (SSSR count). The quantitative estimate of drug-likeness (QED) is 0.737. The molecule has 1 saturated carbocycles. The van der Waals surface area contributed by atoms with Crippen LogP contribution in [0, 0.1) is 17.8 Å². The highest BCUT2D eigenvalue weighted by molar-refractivity contribution is 6.22. The van der Waals surface area contributed by atoms with Gasteiger partial charge in [-0.05, 0) is 48.3 Å². The van der Waals surface area contributed by atoms with Crippen LogP contribution >= 0.6 is 0 Å². The molecule has 3 heteroatoms. The first-order valence-electron chi connectivity index (χ1n) is 8.27. The van der Waals surface area contributed by atoms with Crippen molar-refractivity contribution in [3.63, 3.8) is 0 Å². The van der Waals surface area contributed by atoms with Crippen LogP contribution in [-0.2, 0) is 15.0 Å². The van der Waals surface area contributed by atoms with Gasteiger partial charge in [0.05, 0.1) is 17.5 Å². The minimum absolute atomic E-state index is 0.00468. The van der Waals surface area contributed by atoms with Crippen molar-refractivity contribution in [2.45, 2.75) is 52.4 Å². The van der Waals surface area contributed by atoms with Crippen molar-refractivity contribution in [3.8, 4) is 0 Å². The normalized spacial score (nSPS) is 28.9. The van der Waals surface area contributed by atoms with Crippen LogP contribution in [0.4, 0.5) is 5.69 Å². The molecule has 1 aliphatic heterocycles. The number of benzene rings is 1. The van der Waals surface area contributed by atoms with Gasteiger partial charge in [0.15, 0.2) is 0 Å². The Hall–Kier alpha value is -1.64. The Labute approximate surface area is 132 Å². The average Bonchev–Trinajstić information content (AvgIpc) is 2.70. The van der Waals surface area contributed by atoms with E-state index in [-0.39, 0.29) is 29.1 Å². The fraction of sp³-hybridized carbons (Fsp3) is 0.579. The Kier molecular flexibility index (Phi) is 3.62. The SMILES string of the molecule is C[C@@H]1CC[C@H]2C(=O)N(c3ccc(C(C)(C)C)cc3)C(=O)[C@H]2C1. The van der Waals surface area contributed by atoms with Crippen molar-refractivity contribution in [1.29, 1.82) is 0 Å². The van der Waals surface area contributed by atoms with E-state index in [1.807, 2.05) is 24.3 Å². The summed E-state index contributed by atoms with van der Waals surface area (Å²) >= 11 is 0. The Morgan fingerprint density at radius 2 is 1.55 bits per heavy atom. The summed E-state index contributed by atoms with van der Waals surface area (Å²) in [6, 6.07) is 7.88. The van der Waals surface area contributed by atoms with E-state index in [0.717, 1.165) is 24.9 Å². The fourth-order valence-corrected chi connectivity index (χ4v) is 3.75. The van der Waals surface area contributed by atoms with Crippen molar-refractivity contribution < 1.29 is 9.59 Å². The van der Waals surface area contributed by atoms with Gasteiger partial charge in [-0.25, -0.2) is 0 Å². The summed E-state index contributed by atoms with van der Waals surface area (Å²) in [7, 11) is 0. The Morgan fingerprint density at radius 1 is 0.955 bits per heavy atom. The molecule has 2 amide bonds. The first-order chi connectivity index (χ1) is 10.3. The summed E-state index contributed by atoms with van der Waals surface area (Å²) < 4.78 is 0. The van der Waals surface area contributed by atoms with Gasteiger partial charge in [0.1, 0.15) is 0 Å². The smallest absolute Gasteiger partial charge is 0.237 e. The molecule has 3 nitrogen and oxygen atoms in total. The third-order valence-electron chi connectivity index (χ3n) is 5.18. The van der Waals surface area contributed by atoms with Crippen LogP contribution in [0.1, 0.15) is 52.5 Å². The third kappa shape index (κ3) is 2.47. The van der Waals surface area contributed by atoms with Gasteiger partial charge in [0, 0.05) is 0 Å². The molecule has 1 aromatic carbocycles. The lowest BCUT2D eigenvalue weighted by Gasteiger charge is -2.25. The Morgan fingerprint density at radius 3 is 2.14 bits per heavy atom. The van der Waals surface area contributed by atoms with Gasteiger partial charge in [-0.1, -0.05) is 39.8 Å². The number of fused-ring (bicyclic) bond motifs is 1. The average molecular weight is 299 g/mol. The maximum Gasteiger partial charge on any atom is 0.237 e. The number of nitrogens with zero attached hydrogens (tertiary/aromatic N) is 1. The molecule has 0 aromatic heterocycles. The summed E-state index contributed by atoms with van der Waals surface area (Å²) in [5, 5.41) is 0. The highest BCUT2D eigenvalue weighted by atomic mass is 16.2. The lowest BCUT2D eigenvalue weighted by molar-refractivity contribution is -0.122. The maximum atomic E-state index is 12.7. The topological polar surface area (TPSA) is 37.4 Å². The van der Waals surface area contributed by atoms with Crippen molar-refractivity contribution in [1.82, 2.24) is 0 Å². The fourth-order valence-electron chi connectivity index (χ4n) is 3.75. The number of imide groups is 1. The molecule has 1 saturated heterocycles. The molecule has 0 spiro atoms. The zero-order valence-electron chi connectivity index (χ0n) is 13.9. The lowest BCUT2D eigenvalue weighted by Crippen LogP contribution is -2.30. The molecule has 0 bridgehead atoms. The minimum Gasteiger partial charge on any atom is -0.274 e. The van der Waals surface area contributed by atoms with Crippen molar-refractivity contribution in [2.75, 3.05) is 4.90 Å². The van der Waals surface area contributed by atoms with E-state index in [2.05, 4.69) is 27.7 Å². The Bertz CT molecular complexity index is 597. The number of anilines is 1.